The summed E-state index contributed by atoms with van der Waals surface area (Å²) in [5, 5.41) is 0.472. The van der Waals surface area contributed by atoms with E-state index in [-0.39, 0.29) is 11.3 Å². The zero-order valence-corrected chi connectivity index (χ0v) is 11.8. The highest BCUT2D eigenvalue weighted by atomic mass is 32.2. The fourth-order valence-corrected chi connectivity index (χ4v) is 3.86. The van der Waals surface area contributed by atoms with Crippen LogP contribution in [0.15, 0.2) is 40.6 Å². The van der Waals surface area contributed by atoms with Gasteiger partial charge in [0.05, 0.1) is 14.6 Å². The average Bonchev–Trinajstić information content (AvgIpc) is 2.76. The molecule has 0 unspecified atom stereocenters. The summed E-state index contributed by atoms with van der Waals surface area (Å²) in [6, 6.07) is 9.78. The zero-order valence-electron chi connectivity index (χ0n) is 10.1. The van der Waals surface area contributed by atoms with Gasteiger partial charge in [-0.15, -0.1) is 23.1 Å². The lowest BCUT2D eigenvalue weighted by Crippen LogP contribution is -2.01. The predicted molar refractivity (Wildman–Crippen MR) is 75.1 cm³/mol. The second-order valence-corrected chi connectivity index (χ2v) is 7.05. The molecule has 4 heteroatoms. The molecule has 2 aromatic rings. The molecule has 1 nitrogen and oxygen atoms in total. The maximum absolute atomic E-state index is 13.5. The average molecular weight is 280 g/mol. The van der Waals surface area contributed by atoms with Gasteiger partial charge in [-0.3, -0.25) is 4.79 Å². The molecule has 0 saturated heterocycles. The molecule has 0 bridgehead atoms. The summed E-state index contributed by atoms with van der Waals surface area (Å²) in [5.41, 5.74) is 0.139. The molecule has 0 radical (unpaired) electrons. The molecule has 0 saturated carbocycles. The highest BCUT2D eigenvalue weighted by Crippen LogP contribution is 2.31. The van der Waals surface area contributed by atoms with Crippen LogP contribution in [0.25, 0.3) is 0 Å². The van der Waals surface area contributed by atoms with Gasteiger partial charge in [-0.2, -0.15) is 0 Å². The lowest BCUT2D eigenvalue weighted by Gasteiger charge is -2.00. The summed E-state index contributed by atoms with van der Waals surface area (Å²) in [4.78, 5) is 12.7. The normalized spacial score (nSPS) is 10.9. The van der Waals surface area contributed by atoms with Gasteiger partial charge in [0.1, 0.15) is 5.82 Å². The Labute approximate surface area is 114 Å². The van der Waals surface area contributed by atoms with Crippen LogP contribution in [-0.4, -0.2) is 11.0 Å². The van der Waals surface area contributed by atoms with Crippen molar-refractivity contribution in [2.24, 2.45) is 0 Å². The minimum atomic E-state index is -0.464. The molecule has 0 amide bonds. The van der Waals surface area contributed by atoms with E-state index >= 15 is 0 Å². The topological polar surface area (TPSA) is 17.1 Å². The highest BCUT2D eigenvalue weighted by Gasteiger charge is 2.15. The molecule has 0 N–H and O–H groups in total. The first-order valence-electron chi connectivity index (χ1n) is 5.63. The van der Waals surface area contributed by atoms with Crippen molar-refractivity contribution in [3.05, 3.63) is 52.7 Å². The van der Waals surface area contributed by atoms with Crippen LogP contribution >= 0.6 is 23.1 Å². The standard InChI is InChI=1S/C14H13FOS2/c1-9(2)17-13-8-7-12(18-13)14(16)10-5-3-4-6-11(10)15/h3-9H,1-2H3. The Bertz CT molecular complexity index is 560. The van der Waals surface area contributed by atoms with Gasteiger partial charge >= 0.3 is 0 Å². The molecular formula is C14H13FOS2. The van der Waals surface area contributed by atoms with E-state index in [1.165, 1.54) is 23.5 Å². The molecule has 1 aromatic heterocycles. The number of halogens is 1. The van der Waals surface area contributed by atoms with E-state index in [2.05, 4.69) is 13.8 Å². The molecular weight excluding hydrogens is 267 g/mol. The van der Waals surface area contributed by atoms with Crippen LogP contribution in [0.5, 0.6) is 0 Å². The van der Waals surface area contributed by atoms with Crippen molar-refractivity contribution in [3.8, 4) is 0 Å². The van der Waals surface area contributed by atoms with E-state index in [0.717, 1.165) is 4.21 Å². The summed E-state index contributed by atoms with van der Waals surface area (Å²) in [7, 11) is 0. The van der Waals surface area contributed by atoms with Crippen LogP contribution in [0.4, 0.5) is 4.39 Å². The molecule has 94 valence electrons. The van der Waals surface area contributed by atoms with Crippen LogP contribution in [0.3, 0.4) is 0 Å². The number of thioether (sulfide) groups is 1. The van der Waals surface area contributed by atoms with Gasteiger partial charge in [0.2, 0.25) is 5.78 Å². The zero-order chi connectivity index (χ0) is 13.1. The van der Waals surface area contributed by atoms with Crippen molar-refractivity contribution in [1.82, 2.24) is 0 Å². The number of thiophene rings is 1. The smallest absolute Gasteiger partial charge is 0.205 e. The number of hydrogen-bond donors (Lipinski definition) is 0. The molecule has 1 heterocycles. The van der Waals surface area contributed by atoms with E-state index in [4.69, 9.17) is 0 Å². The summed E-state index contributed by atoms with van der Waals surface area (Å²) >= 11 is 3.13. The molecule has 18 heavy (non-hydrogen) atoms. The van der Waals surface area contributed by atoms with E-state index < -0.39 is 5.82 Å². The first kappa shape index (κ1) is 13.3. The Morgan fingerprint density at radius 1 is 1.22 bits per heavy atom. The number of ketones is 1. The molecule has 0 aliphatic rings. The minimum absolute atomic E-state index is 0.139. The van der Waals surface area contributed by atoms with Gasteiger partial charge in [0.25, 0.3) is 0 Å². The van der Waals surface area contributed by atoms with Crippen molar-refractivity contribution in [3.63, 3.8) is 0 Å². The molecule has 0 spiro atoms. The summed E-state index contributed by atoms with van der Waals surface area (Å²) in [6.45, 7) is 4.20. The third-order valence-electron chi connectivity index (χ3n) is 2.28. The van der Waals surface area contributed by atoms with Crippen molar-refractivity contribution in [1.29, 1.82) is 0 Å². The third kappa shape index (κ3) is 3.00. The van der Waals surface area contributed by atoms with E-state index in [0.29, 0.717) is 10.1 Å². The number of carbonyl (C=O) groups excluding carboxylic acids is 1. The second-order valence-electron chi connectivity index (χ2n) is 4.09. The van der Waals surface area contributed by atoms with Gasteiger partial charge in [-0.25, -0.2) is 4.39 Å². The van der Waals surface area contributed by atoms with Gasteiger partial charge in [-0.05, 0) is 24.3 Å². The minimum Gasteiger partial charge on any atom is -0.288 e. The van der Waals surface area contributed by atoms with E-state index in [9.17, 15) is 9.18 Å². The first-order valence-corrected chi connectivity index (χ1v) is 7.33. The predicted octanol–water partition coefficient (Wildman–Crippen LogP) is 4.62. The molecule has 2 rings (SSSR count). The molecule has 0 aliphatic carbocycles. The van der Waals surface area contributed by atoms with E-state index in [1.54, 1.807) is 30.0 Å². The SMILES string of the molecule is CC(C)Sc1ccc(C(=O)c2ccccc2F)s1. The monoisotopic (exact) mass is 280 g/mol. The van der Waals surface area contributed by atoms with Crippen molar-refractivity contribution < 1.29 is 9.18 Å². The Morgan fingerprint density at radius 3 is 2.61 bits per heavy atom. The molecule has 0 fully saturated rings. The molecule has 1 aromatic carbocycles. The first-order chi connectivity index (χ1) is 8.58. The van der Waals surface area contributed by atoms with Crippen LogP contribution in [0.2, 0.25) is 0 Å². The van der Waals surface area contributed by atoms with Crippen molar-refractivity contribution >= 4 is 28.9 Å². The van der Waals surface area contributed by atoms with Gasteiger partial charge in [0.15, 0.2) is 0 Å². The van der Waals surface area contributed by atoms with Crippen LogP contribution in [0.1, 0.15) is 29.1 Å². The summed E-state index contributed by atoms with van der Waals surface area (Å²) < 4.78 is 14.6. The van der Waals surface area contributed by atoms with Gasteiger partial charge in [-0.1, -0.05) is 26.0 Å². The summed E-state index contributed by atoms with van der Waals surface area (Å²) in [6.07, 6.45) is 0. The fraction of sp³-hybridized carbons (Fsp3) is 0.214. The van der Waals surface area contributed by atoms with E-state index in [1.807, 2.05) is 6.07 Å². The number of carbonyl (C=O) groups is 1. The van der Waals surface area contributed by atoms with Gasteiger partial charge in [0, 0.05) is 5.25 Å². The maximum Gasteiger partial charge on any atom is 0.205 e. The lowest BCUT2D eigenvalue weighted by atomic mass is 10.1. The van der Waals surface area contributed by atoms with Crippen molar-refractivity contribution in [2.45, 2.75) is 23.3 Å². The highest BCUT2D eigenvalue weighted by molar-refractivity contribution is 8.01. The maximum atomic E-state index is 13.5. The Morgan fingerprint density at radius 2 is 1.94 bits per heavy atom. The number of rotatable bonds is 4. The van der Waals surface area contributed by atoms with Gasteiger partial charge < -0.3 is 0 Å². The molecule has 0 atom stereocenters. The Kier molecular flexibility index (Phi) is 4.19. The number of hydrogen-bond acceptors (Lipinski definition) is 3. The van der Waals surface area contributed by atoms with Crippen LogP contribution in [-0.2, 0) is 0 Å². The van der Waals surface area contributed by atoms with Crippen LogP contribution in [0, 0.1) is 5.82 Å². The number of benzene rings is 1. The van der Waals surface area contributed by atoms with Crippen molar-refractivity contribution in [2.75, 3.05) is 0 Å². The lowest BCUT2D eigenvalue weighted by molar-refractivity contribution is 0.103. The quantitative estimate of drug-likeness (QED) is 0.600. The largest absolute Gasteiger partial charge is 0.288 e. The third-order valence-corrected chi connectivity index (χ3v) is 4.53. The fourth-order valence-electron chi connectivity index (χ4n) is 1.52. The summed E-state index contributed by atoms with van der Waals surface area (Å²) in [5.74, 6) is -0.706. The van der Waals surface area contributed by atoms with Crippen LogP contribution < -0.4 is 0 Å². The second kappa shape index (κ2) is 5.67. The Balaban J connectivity index is 2.24. The Hall–Kier alpha value is -1.13. The molecule has 0 aliphatic heterocycles.